The van der Waals surface area contributed by atoms with Crippen LogP contribution in [0.15, 0.2) is 21.9 Å². The van der Waals surface area contributed by atoms with E-state index in [-0.39, 0.29) is 59.3 Å². The highest BCUT2D eigenvalue weighted by Gasteiger charge is 2.34. The summed E-state index contributed by atoms with van der Waals surface area (Å²) in [6.45, 7) is 0. The number of carbonyl (C=O) groups is 1. The Labute approximate surface area is 189 Å². The second-order valence-electron chi connectivity index (χ2n) is 9.52. The van der Waals surface area contributed by atoms with Gasteiger partial charge in [-0.15, -0.1) is 0 Å². The van der Waals surface area contributed by atoms with Crippen molar-refractivity contribution < 1.29 is 17.6 Å². The molecule has 5 rings (SSSR count). The van der Waals surface area contributed by atoms with Gasteiger partial charge in [-0.25, -0.2) is 22.6 Å². The standard InChI is InChI=1S/C22H27FN4O5S/c23-14-11-18-19(24-12-14)26(17-7-9-33(31,32)10-8-17)22(30)27(21(18)29)16-5-3-15(4-6-16)25-20(28)13-1-2-13/h11-13,15-17H,1-10H2,(H,25,28)/t15-,16+. The lowest BCUT2D eigenvalue weighted by Crippen LogP contribution is -2.47. The monoisotopic (exact) mass is 478 g/mol. The number of carbonyl (C=O) groups excluding carboxylic acids is 1. The van der Waals surface area contributed by atoms with E-state index < -0.39 is 32.9 Å². The quantitative estimate of drug-likeness (QED) is 0.710. The molecule has 0 bridgehead atoms. The first-order valence-electron chi connectivity index (χ1n) is 11.6. The molecule has 2 aromatic heterocycles. The normalized spacial score (nSPS) is 25.7. The van der Waals surface area contributed by atoms with Crippen LogP contribution < -0.4 is 16.6 Å². The van der Waals surface area contributed by atoms with Crippen molar-refractivity contribution in [3.05, 3.63) is 38.9 Å². The van der Waals surface area contributed by atoms with Gasteiger partial charge in [-0.1, -0.05) is 0 Å². The summed E-state index contributed by atoms with van der Waals surface area (Å²) >= 11 is 0. The van der Waals surface area contributed by atoms with E-state index in [1.165, 1.54) is 9.13 Å². The summed E-state index contributed by atoms with van der Waals surface area (Å²) in [5.74, 6) is -0.554. The van der Waals surface area contributed by atoms with Crippen molar-refractivity contribution in [2.75, 3.05) is 11.5 Å². The van der Waals surface area contributed by atoms with Crippen molar-refractivity contribution in [3.63, 3.8) is 0 Å². The zero-order valence-electron chi connectivity index (χ0n) is 18.2. The van der Waals surface area contributed by atoms with Gasteiger partial charge in [0.25, 0.3) is 5.56 Å². The van der Waals surface area contributed by atoms with Gasteiger partial charge >= 0.3 is 5.69 Å². The lowest BCUT2D eigenvalue weighted by atomic mass is 9.90. The average molecular weight is 479 g/mol. The van der Waals surface area contributed by atoms with Gasteiger partial charge in [0.05, 0.1) is 23.1 Å². The lowest BCUT2D eigenvalue weighted by Gasteiger charge is -2.31. The first-order chi connectivity index (χ1) is 15.7. The van der Waals surface area contributed by atoms with Crippen LogP contribution in [0, 0.1) is 11.7 Å². The van der Waals surface area contributed by atoms with E-state index in [0.717, 1.165) is 25.1 Å². The van der Waals surface area contributed by atoms with Crippen molar-refractivity contribution in [3.8, 4) is 0 Å². The molecule has 11 heteroatoms. The predicted octanol–water partition coefficient (Wildman–Crippen LogP) is 1.46. The summed E-state index contributed by atoms with van der Waals surface area (Å²) in [4.78, 5) is 43.0. The molecule has 3 heterocycles. The molecule has 3 fully saturated rings. The maximum atomic E-state index is 14.0. The fourth-order valence-electron chi connectivity index (χ4n) is 5.13. The number of nitrogens with zero attached hydrogens (tertiary/aromatic N) is 3. The summed E-state index contributed by atoms with van der Waals surface area (Å²) in [6, 6.07) is 0.321. The molecule has 0 unspecified atom stereocenters. The topological polar surface area (TPSA) is 120 Å². The Morgan fingerprint density at radius 2 is 1.61 bits per heavy atom. The zero-order valence-corrected chi connectivity index (χ0v) is 19.0. The molecule has 1 aliphatic heterocycles. The van der Waals surface area contributed by atoms with E-state index in [9.17, 15) is 27.2 Å². The van der Waals surface area contributed by atoms with Crippen molar-refractivity contribution in [2.24, 2.45) is 5.92 Å². The molecule has 1 N–H and O–H groups in total. The molecule has 3 aliphatic rings. The van der Waals surface area contributed by atoms with Crippen molar-refractivity contribution in [1.29, 1.82) is 0 Å². The number of hydrogen-bond acceptors (Lipinski definition) is 6. The molecule has 0 atom stereocenters. The van der Waals surface area contributed by atoms with Gasteiger partial charge in [0.1, 0.15) is 21.3 Å². The summed E-state index contributed by atoms with van der Waals surface area (Å²) in [6.07, 6.45) is 5.70. The third kappa shape index (κ3) is 4.34. The fraction of sp³-hybridized carbons (Fsp3) is 0.636. The third-order valence-corrected chi connectivity index (χ3v) is 8.88. The van der Waals surface area contributed by atoms with Gasteiger partial charge < -0.3 is 5.32 Å². The molecule has 9 nitrogen and oxygen atoms in total. The number of halogens is 1. The molecule has 33 heavy (non-hydrogen) atoms. The van der Waals surface area contributed by atoms with Crippen LogP contribution in [0.3, 0.4) is 0 Å². The van der Waals surface area contributed by atoms with Crippen molar-refractivity contribution in [2.45, 2.75) is 69.5 Å². The van der Waals surface area contributed by atoms with Crippen LogP contribution >= 0.6 is 0 Å². The number of fused-ring (bicyclic) bond motifs is 1. The second-order valence-corrected chi connectivity index (χ2v) is 11.8. The van der Waals surface area contributed by atoms with E-state index in [1.54, 1.807) is 0 Å². The third-order valence-electron chi connectivity index (χ3n) is 7.17. The Bertz CT molecular complexity index is 1310. The highest BCUT2D eigenvalue weighted by Crippen LogP contribution is 2.32. The van der Waals surface area contributed by atoms with E-state index in [1.807, 2.05) is 0 Å². The minimum Gasteiger partial charge on any atom is -0.353 e. The highest BCUT2D eigenvalue weighted by atomic mass is 32.2. The average Bonchev–Trinajstić information content (AvgIpc) is 3.62. The first-order valence-corrected chi connectivity index (χ1v) is 13.4. The minimum atomic E-state index is -3.15. The molecule has 0 radical (unpaired) electrons. The van der Waals surface area contributed by atoms with Crippen LogP contribution in [0.4, 0.5) is 4.39 Å². The number of pyridine rings is 1. The summed E-state index contributed by atoms with van der Waals surface area (Å²) in [7, 11) is -3.15. The molecular weight excluding hydrogens is 451 g/mol. The van der Waals surface area contributed by atoms with E-state index in [0.29, 0.717) is 25.7 Å². The number of hydrogen-bond donors (Lipinski definition) is 1. The SMILES string of the molecule is O=C(N[C@H]1CC[C@@H](n2c(=O)c3cc(F)cnc3n(C3CCS(=O)(=O)CC3)c2=O)CC1)C1CC1. The van der Waals surface area contributed by atoms with Gasteiger partial charge in [-0.3, -0.25) is 18.7 Å². The Morgan fingerprint density at radius 3 is 2.24 bits per heavy atom. The zero-order chi connectivity index (χ0) is 23.3. The van der Waals surface area contributed by atoms with E-state index >= 15 is 0 Å². The maximum Gasteiger partial charge on any atom is 0.333 e. The summed E-state index contributed by atoms with van der Waals surface area (Å²) < 4.78 is 40.4. The number of rotatable bonds is 4. The molecule has 1 amide bonds. The number of aromatic nitrogens is 3. The molecule has 178 valence electrons. The minimum absolute atomic E-state index is 0.0205. The summed E-state index contributed by atoms with van der Waals surface area (Å²) in [5, 5.41) is 3.08. The Morgan fingerprint density at radius 1 is 0.970 bits per heavy atom. The Hall–Kier alpha value is -2.56. The summed E-state index contributed by atoms with van der Waals surface area (Å²) in [5.41, 5.74) is -1.01. The highest BCUT2D eigenvalue weighted by molar-refractivity contribution is 7.91. The number of amides is 1. The maximum absolute atomic E-state index is 14.0. The van der Waals surface area contributed by atoms with Crippen LogP contribution in [0.2, 0.25) is 0 Å². The molecule has 0 spiro atoms. The number of sulfone groups is 1. The Balaban J connectivity index is 1.49. The van der Waals surface area contributed by atoms with Crippen LogP contribution in [-0.4, -0.2) is 46.0 Å². The van der Waals surface area contributed by atoms with Crippen LogP contribution in [-0.2, 0) is 14.6 Å². The molecule has 0 aromatic carbocycles. The van der Waals surface area contributed by atoms with Gasteiger partial charge in [-0.05, 0) is 57.4 Å². The van der Waals surface area contributed by atoms with Gasteiger partial charge in [0.2, 0.25) is 5.91 Å². The molecule has 1 saturated heterocycles. The van der Waals surface area contributed by atoms with Crippen LogP contribution in [0.1, 0.15) is 63.5 Å². The Kier molecular flexibility index (Phi) is 5.62. The molecule has 2 saturated carbocycles. The van der Waals surface area contributed by atoms with E-state index in [2.05, 4.69) is 10.3 Å². The van der Waals surface area contributed by atoms with Crippen molar-refractivity contribution in [1.82, 2.24) is 19.4 Å². The lowest BCUT2D eigenvalue weighted by molar-refractivity contribution is -0.123. The van der Waals surface area contributed by atoms with Gasteiger partial charge in [-0.2, -0.15) is 0 Å². The second kappa shape index (κ2) is 8.34. The van der Waals surface area contributed by atoms with Crippen LogP contribution in [0.25, 0.3) is 11.0 Å². The molecular formula is C22H27FN4O5S. The number of nitrogens with one attached hydrogen (secondary N) is 1. The van der Waals surface area contributed by atoms with Gasteiger partial charge in [0, 0.05) is 24.0 Å². The molecule has 2 aliphatic carbocycles. The van der Waals surface area contributed by atoms with Crippen LogP contribution in [0.5, 0.6) is 0 Å². The largest absolute Gasteiger partial charge is 0.353 e. The smallest absolute Gasteiger partial charge is 0.333 e. The van der Waals surface area contributed by atoms with Crippen molar-refractivity contribution >= 4 is 26.8 Å². The predicted molar refractivity (Wildman–Crippen MR) is 119 cm³/mol. The molecule has 2 aromatic rings. The van der Waals surface area contributed by atoms with Gasteiger partial charge in [0.15, 0.2) is 0 Å². The first kappa shape index (κ1) is 22.2. The van der Waals surface area contributed by atoms with E-state index in [4.69, 9.17) is 0 Å². The fourth-order valence-corrected chi connectivity index (χ4v) is 6.60.